The molecule has 12 rings (SSSR count). The summed E-state index contributed by atoms with van der Waals surface area (Å²) in [6, 6.07) is 83.0. The summed E-state index contributed by atoms with van der Waals surface area (Å²) >= 11 is 0. The number of aromatic nitrogens is 2. The molecule has 0 saturated carbocycles. The van der Waals surface area contributed by atoms with Gasteiger partial charge in [0.25, 0.3) is 0 Å². The van der Waals surface area contributed by atoms with E-state index in [2.05, 4.69) is 274 Å². The fourth-order valence-electron chi connectivity index (χ4n) is 9.88. The van der Waals surface area contributed by atoms with Crippen LogP contribution in [0.25, 0.3) is 62.3 Å². The van der Waals surface area contributed by atoms with Gasteiger partial charge >= 0.3 is 0 Å². The van der Waals surface area contributed by atoms with Crippen LogP contribution < -0.4 is 9.80 Å². The lowest BCUT2D eigenvalue weighted by molar-refractivity contribution is 0.888. The van der Waals surface area contributed by atoms with Crippen LogP contribution in [-0.2, 0) is 6.42 Å². The quantitative estimate of drug-likeness (QED) is 0.128. The normalized spacial score (nSPS) is 12.3. The lowest BCUT2D eigenvalue weighted by Crippen LogP contribution is -2.10. The van der Waals surface area contributed by atoms with Crippen molar-refractivity contribution in [3.05, 3.63) is 259 Å². The predicted octanol–water partition coefficient (Wildman–Crippen LogP) is 16.8. The zero-order valence-electron chi connectivity index (χ0n) is 36.5. The molecule has 0 N–H and O–H groups in total. The minimum Gasteiger partial charge on any atom is -0.313 e. The van der Waals surface area contributed by atoms with Gasteiger partial charge in [-0.3, -0.25) is 0 Å². The van der Waals surface area contributed by atoms with Gasteiger partial charge in [0.1, 0.15) is 0 Å². The van der Waals surface area contributed by atoms with Crippen molar-refractivity contribution in [2.75, 3.05) is 9.80 Å². The third-order valence-electron chi connectivity index (χ3n) is 13.0. The molecule has 4 nitrogen and oxygen atoms in total. The number of benzene rings is 9. The minimum atomic E-state index is 1.04. The molecule has 0 bridgehead atoms. The molecule has 2 aromatic heterocycles. The van der Waals surface area contributed by atoms with Crippen LogP contribution in [0.4, 0.5) is 34.1 Å². The highest BCUT2D eigenvalue weighted by Crippen LogP contribution is 2.40. The summed E-state index contributed by atoms with van der Waals surface area (Å²) in [5.74, 6) is 0. The maximum absolute atomic E-state index is 2.45. The lowest BCUT2D eigenvalue weighted by atomic mass is 10.0. The molecule has 0 amide bonds. The first-order chi connectivity index (χ1) is 32.7. The molecule has 0 aliphatic heterocycles. The highest BCUT2D eigenvalue weighted by molar-refractivity contribution is 6.09. The fourth-order valence-corrected chi connectivity index (χ4v) is 9.88. The zero-order valence-corrected chi connectivity index (χ0v) is 36.5. The molecule has 2 heterocycles. The van der Waals surface area contributed by atoms with Crippen LogP contribution in [0.5, 0.6) is 0 Å². The van der Waals surface area contributed by atoms with Crippen molar-refractivity contribution >= 4 is 85.1 Å². The van der Waals surface area contributed by atoms with Crippen molar-refractivity contribution in [3.8, 4) is 11.4 Å². The fraction of sp³-hybridized carbons (Fsp3) is 0.0323. The van der Waals surface area contributed by atoms with Gasteiger partial charge in [-0.2, -0.15) is 0 Å². The van der Waals surface area contributed by atoms with Crippen molar-refractivity contribution in [2.24, 2.45) is 0 Å². The Bertz CT molecular complexity index is 3490. The second-order valence-electron chi connectivity index (χ2n) is 16.9. The Morgan fingerprint density at radius 1 is 0.333 bits per heavy atom. The van der Waals surface area contributed by atoms with Crippen LogP contribution in [0.3, 0.4) is 0 Å². The average Bonchev–Trinajstić information content (AvgIpc) is 3.91. The Morgan fingerprint density at radius 3 is 1.17 bits per heavy atom. The van der Waals surface area contributed by atoms with Crippen LogP contribution in [0, 0.1) is 0 Å². The molecule has 0 atom stereocenters. The second-order valence-corrected chi connectivity index (χ2v) is 16.9. The molecule has 0 spiro atoms. The predicted molar refractivity (Wildman–Crippen MR) is 280 cm³/mol. The molecule has 314 valence electrons. The first-order valence-corrected chi connectivity index (χ1v) is 22.8. The maximum atomic E-state index is 2.45. The van der Waals surface area contributed by atoms with Crippen molar-refractivity contribution in [1.82, 2.24) is 9.13 Å². The summed E-state index contributed by atoms with van der Waals surface area (Å²) in [5.41, 5.74) is 17.6. The van der Waals surface area contributed by atoms with Crippen molar-refractivity contribution in [1.29, 1.82) is 0 Å². The van der Waals surface area contributed by atoms with Gasteiger partial charge in [-0.1, -0.05) is 140 Å². The second kappa shape index (κ2) is 16.8. The summed E-state index contributed by atoms with van der Waals surface area (Å²) in [6.07, 6.45) is 11.1. The lowest BCUT2D eigenvalue weighted by Gasteiger charge is -2.26. The summed E-state index contributed by atoms with van der Waals surface area (Å²) in [5, 5.41) is 3.84. The molecule has 66 heavy (non-hydrogen) atoms. The molecule has 0 radical (unpaired) electrons. The molecule has 0 unspecified atom stereocenters. The van der Waals surface area contributed by atoms with Gasteiger partial charge in [-0.05, 0) is 139 Å². The average molecular weight is 847 g/mol. The summed E-state index contributed by atoms with van der Waals surface area (Å²) in [4.78, 5) is 4.65. The standard InChI is InChI=1S/C62H46N4/c1-3-15-47(16-4-1)63(51-37-41-53(42-38-51)65-59-23-11-7-19-55(59)56-20-8-12-24-60(56)65)49-33-29-45(30-34-49)27-28-46-31-35-50(36-32-46)64(48-17-5-2-6-18-48)52-39-43-54(44-40-52)66-61-25-13-9-21-57(61)58-22-10-14-26-62(58)66/h1-13,15-25,27-44H,14,26H2/b28-27+. The van der Waals surface area contributed by atoms with E-state index in [4.69, 9.17) is 0 Å². The molecular weight excluding hydrogens is 801 g/mol. The van der Waals surface area contributed by atoms with E-state index in [0.29, 0.717) is 0 Å². The van der Waals surface area contributed by atoms with Gasteiger partial charge in [0.15, 0.2) is 0 Å². The Labute approximate surface area is 385 Å². The van der Waals surface area contributed by atoms with Gasteiger partial charge in [0.05, 0.1) is 16.6 Å². The van der Waals surface area contributed by atoms with Crippen LogP contribution in [-0.4, -0.2) is 9.13 Å². The third kappa shape index (κ3) is 7.06. The summed E-state index contributed by atoms with van der Waals surface area (Å²) < 4.78 is 4.81. The molecule has 1 aliphatic carbocycles. The van der Waals surface area contributed by atoms with E-state index in [-0.39, 0.29) is 0 Å². The number of allylic oxidation sites excluding steroid dienone is 1. The number of para-hydroxylation sites is 5. The summed E-state index contributed by atoms with van der Waals surface area (Å²) in [6.45, 7) is 0. The Kier molecular flexibility index (Phi) is 9.95. The first kappa shape index (κ1) is 39.0. The van der Waals surface area contributed by atoms with Crippen LogP contribution >= 0.6 is 0 Å². The highest BCUT2D eigenvalue weighted by atomic mass is 15.1. The van der Waals surface area contributed by atoms with Gasteiger partial charge in [-0.25, -0.2) is 0 Å². The van der Waals surface area contributed by atoms with Crippen molar-refractivity contribution in [2.45, 2.75) is 12.8 Å². The van der Waals surface area contributed by atoms with E-state index in [0.717, 1.165) is 63.8 Å². The van der Waals surface area contributed by atoms with Gasteiger partial charge in [0.2, 0.25) is 0 Å². The molecular formula is C62H46N4. The Hall–Kier alpha value is -8.60. The molecule has 1 aliphatic rings. The Balaban J connectivity index is 0.802. The molecule has 9 aromatic carbocycles. The van der Waals surface area contributed by atoms with E-state index in [1.165, 1.54) is 49.7 Å². The number of hydrogen-bond donors (Lipinski definition) is 0. The van der Waals surface area contributed by atoms with E-state index >= 15 is 0 Å². The third-order valence-corrected chi connectivity index (χ3v) is 13.0. The SMILES string of the molecule is C1=Cc2c(n(-c3ccc(N(c4ccccc4)c4ccc(/C=C/c5ccc(N(c6ccccc6)c6ccc(-n7c8ccccc8c8ccccc87)cc6)cc5)cc4)cc3)c3ccccc23)CC1. The van der Waals surface area contributed by atoms with Gasteiger partial charge in [0, 0.05) is 72.9 Å². The van der Waals surface area contributed by atoms with Gasteiger partial charge < -0.3 is 18.9 Å². The number of rotatable bonds is 10. The monoisotopic (exact) mass is 846 g/mol. The molecule has 11 aromatic rings. The van der Waals surface area contributed by atoms with Crippen molar-refractivity contribution in [3.63, 3.8) is 0 Å². The molecule has 4 heteroatoms. The number of hydrogen-bond acceptors (Lipinski definition) is 2. The van der Waals surface area contributed by atoms with E-state index in [1.54, 1.807) is 0 Å². The van der Waals surface area contributed by atoms with Crippen molar-refractivity contribution < 1.29 is 0 Å². The van der Waals surface area contributed by atoms with E-state index in [1.807, 2.05) is 0 Å². The number of fused-ring (bicyclic) bond motifs is 6. The van der Waals surface area contributed by atoms with E-state index in [9.17, 15) is 0 Å². The number of anilines is 6. The highest BCUT2D eigenvalue weighted by Gasteiger charge is 2.20. The first-order valence-electron chi connectivity index (χ1n) is 22.8. The molecule has 0 saturated heterocycles. The zero-order chi connectivity index (χ0) is 43.8. The van der Waals surface area contributed by atoms with Crippen LogP contribution in [0.15, 0.2) is 237 Å². The summed E-state index contributed by atoms with van der Waals surface area (Å²) in [7, 11) is 0. The topological polar surface area (TPSA) is 16.3 Å². The van der Waals surface area contributed by atoms with E-state index < -0.39 is 0 Å². The smallest absolute Gasteiger partial charge is 0.0541 e. The Morgan fingerprint density at radius 2 is 0.697 bits per heavy atom. The van der Waals surface area contributed by atoms with Crippen LogP contribution in [0.2, 0.25) is 0 Å². The maximum Gasteiger partial charge on any atom is 0.0541 e. The minimum absolute atomic E-state index is 1.04. The van der Waals surface area contributed by atoms with Gasteiger partial charge in [-0.15, -0.1) is 0 Å². The largest absolute Gasteiger partial charge is 0.313 e. The number of nitrogens with zero attached hydrogens (tertiary/aromatic N) is 4. The van der Waals surface area contributed by atoms with Crippen LogP contribution in [0.1, 0.15) is 28.8 Å². The molecule has 0 fully saturated rings.